The molecule has 1 amide bonds. The van der Waals surface area contributed by atoms with Crippen molar-refractivity contribution in [2.75, 3.05) is 0 Å². The first-order valence-corrected chi connectivity index (χ1v) is 7.02. The Morgan fingerprint density at radius 3 is 2.55 bits per heavy atom. The molecule has 0 radical (unpaired) electrons. The number of ether oxygens (including phenoxy) is 1. The van der Waals surface area contributed by atoms with Crippen LogP contribution >= 0.6 is 23.8 Å². The van der Waals surface area contributed by atoms with Gasteiger partial charge < -0.3 is 10.5 Å². The van der Waals surface area contributed by atoms with Gasteiger partial charge >= 0.3 is 0 Å². The van der Waals surface area contributed by atoms with Crippen molar-refractivity contribution in [1.29, 1.82) is 0 Å². The molecule has 22 heavy (non-hydrogen) atoms. The molecule has 0 heterocycles. The molecule has 0 atom stereocenters. The van der Waals surface area contributed by atoms with Gasteiger partial charge in [-0.2, -0.15) is 0 Å². The Labute approximate surface area is 137 Å². The minimum absolute atomic E-state index is 0.0868. The van der Waals surface area contributed by atoms with Gasteiger partial charge in [0, 0.05) is 11.1 Å². The summed E-state index contributed by atoms with van der Waals surface area (Å²) in [5.74, 6) is -0.241. The molecule has 2 rings (SSSR count). The predicted octanol–water partition coefficient (Wildman–Crippen LogP) is 3.03. The molecular weight excluding hydrogens is 327 g/mol. The molecule has 0 aliphatic rings. The van der Waals surface area contributed by atoms with Crippen molar-refractivity contribution in [2.24, 2.45) is 5.73 Å². The molecule has 3 N–H and O–H groups in total. The number of thiocarbonyl (C=S) groups is 1. The zero-order valence-corrected chi connectivity index (χ0v) is 12.9. The maximum atomic E-state index is 12.9. The van der Waals surface area contributed by atoms with Crippen LogP contribution in [0, 0.1) is 5.82 Å². The number of nitrogens with two attached hydrogens (primary N) is 1. The number of rotatable bonds is 4. The molecule has 0 spiro atoms. The first-order chi connectivity index (χ1) is 10.5. The number of carbonyl (C=O) groups excluding carboxylic acids is 1. The summed E-state index contributed by atoms with van der Waals surface area (Å²) in [6.07, 6.45) is 0. The first-order valence-electron chi connectivity index (χ1n) is 6.23. The van der Waals surface area contributed by atoms with Gasteiger partial charge in [-0.1, -0.05) is 17.7 Å². The highest BCUT2D eigenvalue weighted by molar-refractivity contribution is 7.80. The summed E-state index contributed by atoms with van der Waals surface area (Å²) in [6, 6.07) is 10.5. The molecule has 0 saturated heterocycles. The fourth-order valence-corrected chi connectivity index (χ4v) is 2.00. The number of nitrogens with one attached hydrogen (secondary N) is 1. The van der Waals surface area contributed by atoms with E-state index >= 15 is 0 Å². The van der Waals surface area contributed by atoms with Crippen molar-refractivity contribution in [1.82, 2.24) is 5.32 Å². The van der Waals surface area contributed by atoms with Crippen molar-refractivity contribution < 1.29 is 13.9 Å². The summed E-state index contributed by atoms with van der Waals surface area (Å²) >= 11 is 10.5. The summed E-state index contributed by atoms with van der Waals surface area (Å²) in [5.41, 5.74) is 6.30. The standard InChI is InChI=1S/C15H12ClFN2O2S/c16-13-7-11(17)4-1-10(13)8-21-12-5-2-9(3-6-12)14(20)19-15(18)22/h1-7H,8H2,(H3,18,19,20,22). The van der Waals surface area contributed by atoms with Gasteiger partial charge in [-0.3, -0.25) is 10.1 Å². The van der Waals surface area contributed by atoms with Crippen LogP contribution in [0.3, 0.4) is 0 Å². The largest absolute Gasteiger partial charge is 0.489 e. The second-order valence-corrected chi connectivity index (χ2v) is 5.21. The molecular formula is C15H12ClFN2O2S. The minimum atomic E-state index is -0.401. The maximum Gasteiger partial charge on any atom is 0.257 e. The lowest BCUT2D eigenvalue weighted by molar-refractivity contribution is 0.0977. The molecule has 4 nitrogen and oxygen atoms in total. The third-order valence-electron chi connectivity index (χ3n) is 2.76. The van der Waals surface area contributed by atoms with E-state index in [9.17, 15) is 9.18 Å². The number of hydrogen-bond acceptors (Lipinski definition) is 3. The Morgan fingerprint density at radius 1 is 1.27 bits per heavy atom. The molecule has 0 unspecified atom stereocenters. The van der Waals surface area contributed by atoms with E-state index in [4.69, 9.17) is 22.1 Å². The zero-order valence-electron chi connectivity index (χ0n) is 11.3. The number of benzene rings is 2. The lowest BCUT2D eigenvalue weighted by Crippen LogP contribution is -2.34. The molecule has 0 aromatic heterocycles. The molecule has 0 fully saturated rings. The van der Waals surface area contributed by atoms with E-state index < -0.39 is 5.82 Å². The van der Waals surface area contributed by atoms with E-state index in [2.05, 4.69) is 17.5 Å². The van der Waals surface area contributed by atoms with Gasteiger partial charge in [-0.05, 0) is 48.6 Å². The zero-order chi connectivity index (χ0) is 16.1. The van der Waals surface area contributed by atoms with E-state index in [-0.39, 0.29) is 17.6 Å². The lowest BCUT2D eigenvalue weighted by atomic mass is 10.2. The van der Waals surface area contributed by atoms with Crippen LogP contribution in [0.2, 0.25) is 5.02 Å². The van der Waals surface area contributed by atoms with Crippen LogP contribution in [-0.4, -0.2) is 11.0 Å². The number of halogens is 2. The number of carbonyl (C=O) groups is 1. The van der Waals surface area contributed by atoms with Crippen LogP contribution in [0.15, 0.2) is 42.5 Å². The number of hydrogen-bond donors (Lipinski definition) is 2. The van der Waals surface area contributed by atoms with Gasteiger partial charge in [-0.15, -0.1) is 0 Å². The summed E-state index contributed by atoms with van der Waals surface area (Å²) in [4.78, 5) is 11.6. The predicted molar refractivity (Wildman–Crippen MR) is 86.4 cm³/mol. The second-order valence-electron chi connectivity index (χ2n) is 4.37. The van der Waals surface area contributed by atoms with Gasteiger partial charge in [0.05, 0.1) is 5.02 Å². The summed E-state index contributed by atoms with van der Waals surface area (Å²) in [5, 5.41) is 2.54. The van der Waals surface area contributed by atoms with Crippen molar-refractivity contribution in [3.05, 3.63) is 64.4 Å². The van der Waals surface area contributed by atoms with E-state index in [1.165, 1.54) is 12.1 Å². The lowest BCUT2D eigenvalue weighted by Gasteiger charge is -2.09. The molecule has 2 aromatic carbocycles. The molecule has 2 aromatic rings. The third kappa shape index (κ3) is 4.41. The van der Waals surface area contributed by atoms with Crippen LogP contribution < -0.4 is 15.8 Å². The quantitative estimate of drug-likeness (QED) is 0.841. The highest BCUT2D eigenvalue weighted by Crippen LogP contribution is 2.20. The average molecular weight is 339 g/mol. The molecule has 114 valence electrons. The Morgan fingerprint density at radius 2 is 1.95 bits per heavy atom. The Kier molecular flexibility index (Phi) is 5.30. The normalized spacial score (nSPS) is 10.1. The van der Waals surface area contributed by atoms with Crippen LogP contribution in [0.25, 0.3) is 0 Å². The molecule has 0 aliphatic heterocycles. The van der Waals surface area contributed by atoms with Gasteiger partial charge in [-0.25, -0.2) is 4.39 Å². The second kappa shape index (κ2) is 7.20. The van der Waals surface area contributed by atoms with Gasteiger partial charge in [0.1, 0.15) is 18.2 Å². The molecule has 0 saturated carbocycles. The highest BCUT2D eigenvalue weighted by Gasteiger charge is 2.07. The van der Waals surface area contributed by atoms with E-state index in [0.717, 1.165) is 0 Å². The minimum Gasteiger partial charge on any atom is -0.489 e. The highest BCUT2D eigenvalue weighted by atomic mass is 35.5. The maximum absolute atomic E-state index is 12.9. The van der Waals surface area contributed by atoms with E-state index in [0.29, 0.717) is 21.9 Å². The van der Waals surface area contributed by atoms with Crippen LogP contribution in [0.1, 0.15) is 15.9 Å². The Hall–Kier alpha value is -2.18. The SMILES string of the molecule is NC(=S)NC(=O)c1ccc(OCc2ccc(F)cc2Cl)cc1. The Balaban J connectivity index is 1.99. The monoisotopic (exact) mass is 338 g/mol. The van der Waals surface area contributed by atoms with E-state index in [1.807, 2.05) is 0 Å². The van der Waals surface area contributed by atoms with Gasteiger partial charge in [0.25, 0.3) is 5.91 Å². The topological polar surface area (TPSA) is 64.3 Å². The van der Waals surface area contributed by atoms with Crippen LogP contribution in [0.4, 0.5) is 4.39 Å². The summed E-state index contributed by atoms with van der Waals surface area (Å²) in [7, 11) is 0. The molecule has 7 heteroatoms. The average Bonchev–Trinajstić information content (AvgIpc) is 2.46. The third-order valence-corrected chi connectivity index (χ3v) is 3.22. The van der Waals surface area contributed by atoms with Crippen LogP contribution in [0.5, 0.6) is 5.75 Å². The van der Waals surface area contributed by atoms with Crippen LogP contribution in [-0.2, 0) is 6.61 Å². The fourth-order valence-electron chi connectivity index (χ4n) is 1.69. The molecule has 0 bridgehead atoms. The van der Waals surface area contributed by atoms with E-state index in [1.54, 1.807) is 30.3 Å². The summed E-state index contributed by atoms with van der Waals surface area (Å²) in [6.45, 7) is 0.192. The van der Waals surface area contributed by atoms with Crippen molar-refractivity contribution in [3.8, 4) is 5.75 Å². The summed E-state index contributed by atoms with van der Waals surface area (Å²) < 4.78 is 18.5. The van der Waals surface area contributed by atoms with Crippen molar-refractivity contribution >= 4 is 34.8 Å². The van der Waals surface area contributed by atoms with Crippen molar-refractivity contribution in [3.63, 3.8) is 0 Å². The smallest absolute Gasteiger partial charge is 0.257 e. The van der Waals surface area contributed by atoms with Gasteiger partial charge in [0.15, 0.2) is 5.11 Å². The Bertz CT molecular complexity index is 707. The fraction of sp³-hybridized carbons (Fsp3) is 0.0667. The number of amides is 1. The first kappa shape index (κ1) is 16.2. The van der Waals surface area contributed by atoms with Crippen molar-refractivity contribution in [2.45, 2.75) is 6.61 Å². The molecule has 0 aliphatic carbocycles. The van der Waals surface area contributed by atoms with Gasteiger partial charge in [0.2, 0.25) is 0 Å².